The summed E-state index contributed by atoms with van der Waals surface area (Å²) in [5, 5.41) is 2.72. The van der Waals surface area contributed by atoms with E-state index in [9.17, 15) is 4.79 Å². The van der Waals surface area contributed by atoms with Crippen LogP contribution in [0.15, 0.2) is 12.2 Å². The lowest BCUT2D eigenvalue weighted by Crippen LogP contribution is -2.41. The largest absolute Gasteiger partial charge is 0.351 e. The summed E-state index contributed by atoms with van der Waals surface area (Å²) in [4.78, 5) is 11.3. The highest BCUT2D eigenvalue weighted by Crippen LogP contribution is 1.98. The van der Waals surface area contributed by atoms with Gasteiger partial charge in [-0.3, -0.25) is 4.79 Å². The molecule has 3 N–H and O–H groups in total. The monoisotopic (exact) mass is 202 g/mol. The van der Waals surface area contributed by atoms with Gasteiger partial charge in [-0.05, 0) is 25.4 Å². The maximum atomic E-state index is 11.3. The van der Waals surface area contributed by atoms with E-state index in [1.807, 2.05) is 13.2 Å². The predicted octanol–water partition coefficient (Wildman–Crippen LogP) is 0.759. The Labute approximate surface area is 84.1 Å². The van der Waals surface area contributed by atoms with Crippen LogP contribution >= 0.6 is 11.8 Å². The first-order valence-electron chi connectivity index (χ1n) is 4.24. The van der Waals surface area contributed by atoms with Crippen LogP contribution in [0.25, 0.3) is 0 Å². The van der Waals surface area contributed by atoms with Crippen LogP contribution in [0.2, 0.25) is 0 Å². The number of hydrogen-bond donors (Lipinski definition) is 2. The van der Waals surface area contributed by atoms with Crippen LogP contribution in [0.3, 0.4) is 0 Å². The highest BCUT2D eigenvalue weighted by molar-refractivity contribution is 7.98. The predicted molar refractivity (Wildman–Crippen MR) is 58.8 cm³/mol. The van der Waals surface area contributed by atoms with Crippen LogP contribution in [0.4, 0.5) is 0 Å². The summed E-state index contributed by atoms with van der Waals surface area (Å²) in [6, 6.07) is -0.383. The molecule has 76 valence electrons. The van der Waals surface area contributed by atoms with Crippen molar-refractivity contribution in [3.8, 4) is 0 Å². The van der Waals surface area contributed by atoms with Crippen molar-refractivity contribution in [3.05, 3.63) is 12.2 Å². The molecule has 4 heteroatoms. The fraction of sp³-hybridized carbons (Fsp3) is 0.667. The van der Waals surface area contributed by atoms with E-state index in [2.05, 4.69) is 11.9 Å². The fourth-order valence-corrected chi connectivity index (χ4v) is 1.23. The Morgan fingerprint density at radius 1 is 1.69 bits per heavy atom. The second-order valence-electron chi connectivity index (χ2n) is 3.06. The van der Waals surface area contributed by atoms with E-state index in [-0.39, 0.29) is 11.9 Å². The third-order valence-electron chi connectivity index (χ3n) is 1.53. The van der Waals surface area contributed by atoms with Gasteiger partial charge in [0.05, 0.1) is 6.04 Å². The summed E-state index contributed by atoms with van der Waals surface area (Å²) in [6.45, 7) is 6.08. The van der Waals surface area contributed by atoms with Crippen molar-refractivity contribution < 1.29 is 4.79 Å². The molecule has 0 aliphatic carbocycles. The Kier molecular flexibility index (Phi) is 6.72. The van der Waals surface area contributed by atoms with Gasteiger partial charge in [-0.15, -0.1) is 0 Å². The molecule has 0 aliphatic rings. The van der Waals surface area contributed by atoms with Crippen LogP contribution in [0.1, 0.15) is 13.3 Å². The van der Waals surface area contributed by atoms with E-state index >= 15 is 0 Å². The summed E-state index contributed by atoms with van der Waals surface area (Å²) < 4.78 is 0. The third-order valence-corrected chi connectivity index (χ3v) is 2.18. The molecule has 13 heavy (non-hydrogen) atoms. The molecule has 0 saturated carbocycles. The molecule has 0 bridgehead atoms. The number of hydrogen-bond acceptors (Lipinski definition) is 3. The summed E-state index contributed by atoms with van der Waals surface area (Å²) in [7, 11) is 0. The van der Waals surface area contributed by atoms with E-state index in [0.717, 1.165) is 17.7 Å². The maximum Gasteiger partial charge on any atom is 0.237 e. The molecule has 1 atom stereocenters. The van der Waals surface area contributed by atoms with Crippen LogP contribution < -0.4 is 11.1 Å². The Bertz CT molecular complexity index is 182. The van der Waals surface area contributed by atoms with Crippen molar-refractivity contribution in [2.24, 2.45) is 5.73 Å². The zero-order valence-electron chi connectivity index (χ0n) is 8.30. The van der Waals surface area contributed by atoms with Gasteiger partial charge in [0.15, 0.2) is 0 Å². The Balaban J connectivity index is 3.63. The third kappa shape index (κ3) is 6.66. The average Bonchev–Trinajstić information content (AvgIpc) is 2.10. The molecule has 0 unspecified atom stereocenters. The van der Waals surface area contributed by atoms with Gasteiger partial charge in [-0.2, -0.15) is 11.8 Å². The van der Waals surface area contributed by atoms with Gasteiger partial charge in [-0.25, -0.2) is 0 Å². The number of nitrogens with two attached hydrogens (primary N) is 1. The highest BCUT2D eigenvalue weighted by Gasteiger charge is 2.11. The zero-order valence-corrected chi connectivity index (χ0v) is 9.12. The minimum Gasteiger partial charge on any atom is -0.351 e. The Morgan fingerprint density at radius 2 is 2.31 bits per heavy atom. The summed E-state index contributed by atoms with van der Waals surface area (Å²) in [5.74, 6) is 0.832. The molecule has 0 aromatic carbocycles. The standard InChI is InChI=1S/C9H18N2OS/c1-7(2)6-11-9(12)8(10)4-5-13-3/h8H,1,4-6,10H2,2-3H3,(H,11,12)/t8-/m0/s1. The van der Waals surface area contributed by atoms with Crippen LogP contribution in [0, 0.1) is 0 Å². The number of thioether (sulfide) groups is 1. The first-order chi connectivity index (χ1) is 6.07. The second-order valence-corrected chi connectivity index (χ2v) is 4.05. The van der Waals surface area contributed by atoms with Crippen LogP contribution in [-0.4, -0.2) is 30.5 Å². The molecule has 0 aromatic rings. The molecular weight excluding hydrogens is 184 g/mol. The lowest BCUT2D eigenvalue weighted by Gasteiger charge is -2.11. The number of amides is 1. The smallest absolute Gasteiger partial charge is 0.237 e. The minimum absolute atomic E-state index is 0.0861. The van der Waals surface area contributed by atoms with Crippen molar-refractivity contribution in [2.75, 3.05) is 18.6 Å². The van der Waals surface area contributed by atoms with E-state index in [1.54, 1.807) is 11.8 Å². The van der Waals surface area contributed by atoms with E-state index < -0.39 is 0 Å². The number of carbonyl (C=O) groups is 1. The fourth-order valence-electron chi connectivity index (χ4n) is 0.745. The lowest BCUT2D eigenvalue weighted by molar-refractivity contribution is -0.122. The van der Waals surface area contributed by atoms with E-state index in [0.29, 0.717) is 6.54 Å². The SMILES string of the molecule is C=C(C)CNC(=O)[C@@H](N)CCSC. The van der Waals surface area contributed by atoms with Gasteiger partial charge in [0.2, 0.25) is 5.91 Å². The average molecular weight is 202 g/mol. The van der Waals surface area contributed by atoms with Crippen molar-refractivity contribution in [1.82, 2.24) is 5.32 Å². The van der Waals surface area contributed by atoms with Crippen molar-refractivity contribution in [3.63, 3.8) is 0 Å². The molecule has 0 saturated heterocycles. The van der Waals surface area contributed by atoms with Gasteiger partial charge in [0.1, 0.15) is 0 Å². The van der Waals surface area contributed by atoms with Crippen LogP contribution in [-0.2, 0) is 4.79 Å². The Morgan fingerprint density at radius 3 is 2.77 bits per heavy atom. The molecule has 0 aromatic heterocycles. The van der Waals surface area contributed by atoms with Gasteiger partial charge >= 0.3 is 0 Å². The number of rotatable bonds is 6. The highest BCUT2D eigenvalue weighted by atomic mass is 32.2. The topological polar surface area (TPSA) is 55.1 Å². The molecule has 0 spiro atoms. The molecule has 0 radical (unpaired) electrons. The quantitative estimate of drug-likeness (QED) is 0.625. The van der Waals surface area contributed by atoms with Crippen molar-refractivity contribution in [2.45, 2.75) is 19.4 Å². The first kappa shape index (κ1) is 12.5. The number of nitrogens with one attached hydrogen (secondary N) is 1. The molecular formula is C9H18N2OS. The molecule has 0 heterocycles. The van der Waals surface area contributed by atoms with Crippen molar-refractivity contribution >= 4 is 17.7 Å². The summed E-state index contributed by atoms with van der Waals surface area (Å²) in [5.41, 5.74) is 6.57. The molecule has 0 aliphatic heterocycles. The van der Waals surface area contributed by atoms with Crippen LogP contribution in [0.5, 0.6) is 0 Å². The maximum absolute atomic E-state index is 11.3. The minimum atomic E-state index is -0.383. The summed E-state index contributed by atoms with van der Waals surface area (Å²) in [6.07, 6.45) is 2.72. The van der Waals surface area contributed by atoms with Gasteiger partial charge < -0.3 is 11.1 Å². The normalized spacial score (nSPS) is 12.2. The molecule has 1 amide bonds. The van der Waals surface area contributed by atoms with E-state index in [4.69, 9.17) is 5.73 Å². The van der Waals surface area contributed by atoms with E-state index in [1.165, 1.54) is 0 Å². The number of carbonyl (C=O) groups excluding carboxylic acids is 1. The van der Waals surface area contributed by atoms with Gasteiger partial charge in [0, 0.05) is 6.54 Å². The summed E-state index contributed by atoms with van der Waals surface area (Å²) >= 11 is 1.69. The lowest BCUT2D eigenvalue weighted by atomic mass is 10.2. The van der Waals surface area contributed by atoms with Crippen molar-refractivity contribution in [1.29, 1.82) is 0 Å². The molecule has 0 rings (SSSR count). The zero-order chi connectivity index (χ0) is 10.3. The molecule has 0 fully saturated rings. The van der Waals surface area contributed by atoms with Gasteiger partial charge in [-0.1, -0.05) is 12.2 Å². The van der Waals surface area contributed by atoms with Gasteiger partial charge in [0.25, 0.3) is 0 Å². The first-order valence-corrected chi connectivity index (χ1v) is 5.64. The second kappa shape index (κ2) is 6.97. The molecule has 3 nitrogen and oxygen atoms in total. The Hall–Kier alpha value is -0.480.